The van der Waals surface area contributed by atoms with E-state index < -0.39 is 0 Å². The van der Waals surface area contributed by atoms with Gasteiger partial charge < -0.3 is 4.74 Å². The number of carbonyl (C=O) groups excluding carboxylic acids is 2. The SMILES string of the molecule is CC(=O)OCC12CCCC1C1CCC3C4(C)CCC(=O)C(C)C4CCC3(C)C1CC2. The zero-order chi connectivity index (χ0) is 21.3. The molecule has 9 unspecified atom stereocenters. The monoisotopic (exact) mass is 414 g/mol. The Labute approximate surface area is 183 Å². The molecule has 0 aromatic carbocycles. The van der Waals surface area contributed by atoms with Crippen LogP contribution in [-0.2, 0) is 14.3 Å². The van der Waals surface area contributed by atoms with Crippen LogP contribution < -0.4 is 0 Å². The summed E-state index contributed by atoms with van der Waals surface area (Å²) >= 11 is 0. The normalized spacial score (nSPS) is 52.6. The average molecular weight is 415 g/mol. The second-order valence-electron chi connectivity index (χ2n) is 12.5. The molecular weight excluding hydrogens is 372 g/mol. The van der Waals surface area contributed by atoms with Gasteiger partial charge in [-0.2, -0.15) is 0 Å². The molecule has 0 aromatic heterocycles. The van der Waals surface area contributed by atoms with E-state index in [4.69, 9.17) is 4.74 Å². The molecule has 5 rings (SSSR count). The van der Waals surface area contributed by atoms with Crippen LogP contribution in [0.4, 0.5) is 0 Å². The first kappa shape index (κ1) is 21.0. The van der Waals surface area contributed by atoms with Gasteiger partial charge in [-0.15, -0.1) is 0 Å². The van der Waals surface area contributed by atoms with Gasteiger partial charge in [-0.25, -0.2) is 0 Å². The van der Waals surface area contributed by atoms with Crippen molar-refractivity contribution < 1.29 is 14.3 Å². The summed E-state index contributed by atoms with van der Waals surface area (Å²) in [5.41, 5.74) is 1.06. The Kier molecular flexibility index (Phi) is 4.95. The van der Waals surface area contributed by atoms with E-state index in [1.54, 1.807) is 6.92 Å². The van der Waals surface area contributed by atoms with Crippen molar-refractivity contribution in [3.05, 3.63) is 0 Å². The van der Waals surface area contributed by atoms with Crippen molar-refractivity contribution in [2.75, 3.05) is 6.61 Å². The number of hydrogen-bond donors (Lipinski definition) is 0. The number of rotatable bonds is 2. The number of fused-ring (bicyclic) bond motifs is 7. The minimum Gasteiger partial charge on any atom is -0.465 e. The van der Waals surface area contributed by atoms with Crippen molar-refractivity contribution in [3.8, 4) is 0 Å². The molecule has 30 heavy (non-hydrogen) atoms. The van der Waals surface area contributed by atoms with Gasteiger partial charge in [-0.05, 0) is 98.2 Å². The summed E-state index contributed by atoms with van der Waals surface area (Å²) < 4.78 is 5.64. The summed E-state index contributed by atoms with van der Waals surface area (Å²) in [6, 6.07) is 0. The van der Waals surface area contributed by atoms with Gasteiger partial charge in [0.2, 0.25) is 0 Å². The Morgan fingerprint density at radius 3 is 2.43 bits per heavy atom. The van der Waals surface area contributed by atoms with E-state index in [0.29, 0.717) is 29.1 Å². The first-order valence-corrected chi connectivity index (χ1v) is 12.9. The molecule has 3 heteroatoms. The third kappa shape index (κ3) is 2.82. The molecule has 5 saturated carbocycles. The number of carbonyl (C=O) groups is 2. The van der Waals surface area contributed by atoms with Crippen molar-refractivity contribution in [2.45, 2.75) is 98.3 Å². The quantitative estimate of drug-likeness (QED) is 0.506. The number of esters is 1. The fraction of sp³-hybridized carbons (Fsp3) is 0.926. The molecule has 5 fully saturated rings. The van der Waals surface area contributed by atoms with Crippen molar-refractivity contribution in [3.63, 3.8) is 0 Å². The third-order valence-electron chi connectivity index (χ3n) is 11.6. The van der Waals surface area contributed by atoms with Crippen LogP contribution in [0.25, 0.3) is 0 Å². The van der Waals surface area contributed by atoms with Crippen LogP contribution >= 0.6 is 0 Å². The Morgan fingerprint density at radius 1 is 0.933 bits per heavy atom. The molecule has 0 radical (unpaired) electrons. The van der Waals surface area contributed by atoms with Crippen LogP contribution in [0.3, 0.4) is 0 Å². The van der Waals surface area contributed by atoms with Crippen molar-refractivity contribution in [1.82, 2.24) is 0 Å². The zero-order valence-corrected chi connectivity index (χ0v) is 19.7. The van der Waals surface area contributed by atoms with Gasteiger partial charge in [0.15, 0.2) is 0 Å². The molecule has 0 bridgehead atoms. The molecule has 168 valence electrons. The number of hydrogen-bond acceptors (Lipinski definition) is 3. The van der Waals surface area contributed by atoms with Crippen LogP contribution in [0.15, 0.2) is 0 Å². The van der Waals surface area contributed by atoms with E-state index in [1.165, 1.54) is 57.8 Å². The van der Waals surface area contributed by atoms with Crippen LogP contribution in [0.2, 0.25) is 0 Å². The topological polar surface area (TPSA) is 43.4 Å². The molecule has 5 aliphatic carbocycles. The Balaban J connectivity index is 1.42. The maximum atomic E-state index is 12.5. The zero-order valence-electron chi connectivity index (χ0n) is 19.7. The van der Waals surface area contributed by atoms with E-state index >= 15 is 0 Å². The van der Waals surface area contributed by atoms with Gasteiger partial charge in [0.25, 0.3) is 0 Å². The van der Waals surface area contributed by atoms with Gasteiger partial charge in [0, 0.05) is 24.7 Å². The van der Waals surface area contributed by atoms with Gasteiger partial charge in [-0.3, -0.25) is 9.59 Å². The van der Waals surface area contributed by atoms with E-state index in [0.717, 1.165) is 36.5 Å². The molecule has 0 aliphatic heterocycles. The largest absolute Gasteiger partial charge is 0.465 e. The molecule has 0 spiro atoms. The predicted octanol–water partition coefficient (Wildman–Crippen LogP) is 6.19. The first-order valence-electron chi connectivity index (χ1n) is 12.9. The molecule has 0 aromatic rings. The summed E-state index contributed by atoms with van der Waals surface area (Å²) in [5, 5.41) is 0. The summed E-state index contributed by atoms with van der Waals surface area (Å²) in [7, 11) is 0. The van der Waals surface area contributed by atoms with Crippen LogP contribution in [0.1, 0.15) is 98.3 Å². The molecule has 0 amide bonds. The van der Waals surface area contributed by atoms with E-state index in [1.807, 2.05) is 0 Å². The number of ether oxygens (including phenoxy) is 1. The Morgan fingerprint density at radius 2 is 1.67 bits per heavy atom. The van der Waals surface area contributed by atoms with Gasteiger partial charge >= 0.3 is 5.97 Å². The third-order valence-corrected chi connectivity index (χ3v) is 11.6. The van der Waals surface area contributed by atoms with Crippen molar-refractivity contribution >= 4 is 11.8 Å². The minimum atomic E-state index is -0.111. The molecule has 0 heterocycles. The summed E-state index contributed by atoms with van der Waals surface area (Å²) in [4.78, 5) is 24.1. The second kappa shape index (κ2) is 7.07. The fourth-order valence-corrected chi connectivity index (χ4v) is 10.3. The standard InChI is InChI=1S/C27H42O3/c1-17-20-9-13-26(4)21-10-15-27(16-30-18(2)28)12-5-6-22(27)19(21)7-8-24(26)25(20,3)14-11-23(17)29/h17,19-22,24H,5-16H2,1-4H3. The highest BCUT2D eigenvalue weighted by atomic mass is 16.5. The minimum absolute atomic E-state index is 0.111. The fourth-order valence-electron chi connectivity index (χ4n) is 10.3. The van der Waals surface area contributed by atoms with Crippen LogP contribution in [-0.4, -0.2) is 18.4 Å². The highest BCUT2D eigenvalue weighted by molar-refractivity contribution is 5.82. The molecule has 3 nitrogen and oxygen atoms in total. The Bertz CT molecular complexity index is 730. The van der Waals surface area contributed by atoms with Crippen LogP contribution in [0.5, 0.6) is 0 Å². The lowest BCUT2D eigenvalue weighted by atomic mass is 9.38. The highest BCUT2D eigenvalue weighted by Crippen LogP contribution is 2.71. The van der Waals surface area contributed by atoms with Gasteiger partial charge in [-0.1, -0.05) is 27.2 Å². The molecule has 0 saturated heterocycles. The van der Waals surface area contributed by atoms with Gasteiger partial charge in [0.1, 0.15) is 5.78 Å². The van der Waals surface area contributed by atoms with Gasteiger partial charge in [0.05, 0.1) is 6.61 Å². The first-order chi connectivity index (χ1) is 14.2. The van der Waals surface area contributed by atoms with Crippen LogP contribution in [0, 0.1) is 51.8 Å². The van der Waals surface area contributed by atoms with Crippen molar-refractivity contribution in [1.29, 1.82) is 0 Å². The number of ketones is 1. The lowest BCUT2D eigenvalue weighted by molar-refractivity contribution is -0.189. The van der Waals surface area contributed by atoms with E-state index in [-0.39, 0.29) is 17.3 Å². The summed E-state index contributed by atoms with van der Waals surface area (Å²) in [5.74, 6) is 4.47. The van der Waals surface area contributed by atoms with E-state index in [9.17, 15) is 9.59 Å². The van der Waals surface area contributed by atoms with E-state index in [2.05, 4.69) is 20.8 Å². The summed E-state index contributed by atoms with van der Waals surface area (Å²) in [6.45, 7) is 9.65. The maximum absolute atomic E-state index is 12.5. The second-order valence-corrected chi connectivity index (χ2v) is 12.5. The average Bonchev–Trinajstić information content (AvgIpc) is 3.14. The number of Topliss-reactive ketones (excluding diaryl/α,β-unsaturated/α-hetero) is 1. The molecule has 5 aliphatic rings. The lowest BCUT2D eigenvalue weighted by Crippen LogP contribution is -2.61. The highest BCUT2D eigenvalue weighted by Gasteiger charge is 2.64. The Hall–Kier alpha value is -0.860. The molecule has 0 N–H and O–H groups in total. The lowest BCUT2D eigenvalue weighted by Gasteiger charge is -2.67. The summed E-state index contributed by atoms with van der Waals surface area (Å²) in [6.07, 6.45) is 13.7. The van der Waals surface area contributed by atoms with Crippen molar-refractivity contribution in [2.24, 2.45) is 51.8 Å². The predicted molar refractivity (Wildman–Crippen MR) is 118 cm³/mol. The smallest absolute Gasteiger partial charge is 0.302 e. The molecule has 9 atom stereocenters. The molecular formula is C27H42O3. The maximum Gasteiger partial charge on any atom is 0.302 e.